The molecule has 0 saturated heterocycles. The molecule has 0 aliphatic heterocycles. The highest BCUT2D eigenvalue weighted by atomic mass is 35.5. The number of hydrogen-bond donors (Lipinski definition) is 16. The predicted molar refractivity (Wildman–Crippen MR) is 477 cm³/mol. The molecule has 140 heavy (non-hydrogen) atoms. The van der Waals surface area contributed by atoms with Crippen LogP contribution in [0.25, 0.3) is 113 Å². The third kappa shape index (κ3) is 20.4. The quantitative estimate of drug-likeness (QED) is 0.0424. The van der Waals surface area contributed by atoms with Crippen LogP contribution in [0.15, 0.2) is 183 Å². The van der Waals surface area contributed by atoms with E-state index < -0.39 is 144 Å². The van der Waals surface area contributed by atoms with E-state index in [9.17, 15) is 104 Å². The SMILES string of the molecule is Cc1cc2[nH]c(-c3[nH]ncc3NC(=O)c3c(F)cccc3F)nc2cc1Cl.Cc1nc(C)c(C(=O)Nc2cn[nH]c2-c2nc3ccccc3[nH]2)s1.O=C(Nc1cn[nH]c1-c1nc2c(C(F)(F)F)cc(C(F)(F)F)cc2[nH]1)c1c(F)cccc1F.O=C(Nc1cn[nH]c1-c1nc2c(Cl)cc(C(F)(F)F)cc2[nH]1)c1c(F)cccc1F.O=C(Nc1cn[nH]c1-c1nc2ccc(O)cc2[nH]1)c1c(F)cccc1F. The molecule has 11 aromatic heterocycles. The minimum absolute atomic E-state index is 0.00292. The number of fused-ring (bicyclic) bond motifs is 5. The first kappa shape index (κ1) is 95.7. The minimum atomic E-state index is -5.15. The van der Waals surface area contributed by atoms with Crippen LogP contribution in [0.3, 0.4) is 0 Å². The first-order valence-corrected chi connectivity index (χ1v) is 41.4. The summed E-state index contributed by atoms with van der Waals surface area (Å²) >= 11 is 13.4. The summed E-state index contributed by atoms with van der Waals surface area (Å²) in [5.41, 5.74) is -0.728. The molecule has 712 valence electrons. The molecule has 0 fully saturated rings. The number of amides is 5. The van der Waals surface area contributed by atoms with E-state index in [1.54, 1.807) is 18.3 Å². The molecule has 52 heteroatoms. The number of imidazole rings is 5. The summed E-state index contributed by atoms with van der Waals surface area (Å²) in [6, 6.07) is 29.9. The van der Waals surface area contributed by atoms with E-state index in [-0.39, 0.29) is 73.7 Å². The van der Waals surface area contributed by atoms with Gasteiger partial charge in [-0.3, -0.25) is 49.5 Å². The highest BCUT2D eigenvalue weighted by molar-refractivity contribution is 7.13. The van der Waals surface area contributed by atoms with Gasteiger partial charge in [0.2, 0.25) is 0 Å². The number of aromatic nitrogens is 21. The van der Waals surface area contributed by atoms with Crippen LogP contribution in [0.2, 0.25) is 10.0 Å². The number of para-hydroxylation sites is 2. The number of carbonyl (C=O) groups excluding carboxylic acids is 5. The van der Waals surface area contributed by atoms with Crippen molar-refractivity contribution in [1.29, 1.82) is 0 Å². The molecule has 16 N–H and O–H groups in total. The van der Waals surface area contributed by atoms with Crippen LogP contribution in [-0.2, 0) is 18.5 Å². The van der Waals surface area contributed by atoms with Gasteiger partial charge in [-0.15, -0.1) is 11.3 Å². The van der Waals surface area contributed by atoms with Gasteiger partial charge < -0.3 is 56.6 Å². The predicted octanol–water partition coefficient (Wildman–Crippen LogP) is 21.6. The van der Waals surface area contributed by atoms with Crippen LogP contribution >= 0.6 is 34.5 Å². The van der Waals surface area contributed by atoms with Gasteiger partial charge in [0.15, 0.2) is 29.1 Å². The maximum atomic E-state index is 13.8. The van der Waals surface area contributed by atoms with Gasteiger partial charge in [-0.25, -0.2) is 65.0 Å². The summed E-state index contributed by atoms with van der Waals surface area (Å²) in [6.45, 7) is 5.58. The van der Waals surface area contributed by atoms with E-state index in [2.05, 4.69) is 132 Å². The second-order valence-corrected chi connectivity index (χ2v) is 31.6. The molecule has 0 spiro atoms. The van der Waals surface area contributed by atoms with E-state index in [1.165, 1.54) is 48.0 Å². The Morgan fingerprint density at radius 2 is 0.671 bits per heavy atom. The summed E-state index contributed by atoms with van der Waals surface area (Å²) in [5, 5.41) is 55.1. The molecule has 0 atom stereocenters. The molecule has 32 nitrogen and oxygen atoms in total. The summed E-state index contributed by atoms with van der Waals surface area (Å²) in [7, 11) is 0. The third-order valence-corrected chi connectivity index (χ3v) is 22.0. The average Bonchev–Trinajstić information content (AvgIpc) is 1.60. The van der Waals surface area contributed by atoms with Crippen LogP contribution in [0.4, 0.5) is 103 Å². The second kappa shape index (κ2) is 38.7. The number of alkyl halides is 9. The van der Waals surface area contributed by atoms with Gasteiger partial charge in [-0.1, -0.05) is 59.6 Å². The molecule has 0 aliphatic carbocycles. The molecule has 0 aliphatic rings. The van der Waals surface area contributed by atoms with Crippen LogP contribution < -0.4 is 26.6 Å². The zero-order valence-electron chi connectivity index (χ0n) is 70.3. The maximum absolute atomic E-state index is 13.8. The van der Waals surface area contributed by atoms with Crippen molar-refractivity contribution in [3.05, 3.63) is 299 Å². The minimum Gasteiger partial charge on any atom is -0.508 e. The number of carbonyl (C=O) groups is 5. The topological polar surface area (TPSA) is 465 Å². The molecule has 9 aromatic carbocycles. The Hall–Kier alpha value is -17.5. The first-order chi connectivity index (χ1) is 66.6. The molecule has 11 heterocycles. The molecule has 0 unspecified atom stereocenters. The lowest BCUT2D eigenvalue weighted by Gasteiger charge is -2.11. The number of benzene rings is 9. The summed E-state index contributed by atoms with van der Waals surface area (Å²) in [5.74, 6) is -11.7. The fourth-order valence-corrected chi connectivity index (χ4v) is 15.0. The zero-order chi connectivity index (χ0) is 99.8. The van der Waals surface area contributed by atoms with Crippen molar-refractivity contribution < 1.29 is 104 Å². The Kier molecular flexibility index (Phi) is 26.5. The molecular formula is C88H55Cl2F17N26O6S. The number of halogens is 19. The van der Waals surface area contributed by atoms with Crippen molar-refractivity contribution in [2.24, 2.45) is 0 Å². The Labute approximate surface area is 781 Å². The average molecular weight is 2000 g/mol. The summed E-state index contributed by atoms with van der Waals surface area (Å²) < 4.78 is 229. The lowest BCUT2D eigenvalue weighted by molar-refractivity contribution is -0.142. The molecule has 0 bridgehead atoms. The normalized spacial score (nSPS) is 11.5. The number of phenols is 1. The number of nitrogens with zero attached hydrogens (tertiary/aromatic N) is 11. The highest BCUT2D eigenvalue weighted by Gasteiger charge is 2.40. The molecule has 0 radical (unpaired) electrons. The van der Waals surface area contributed by atoms with Gasteiger partial charge in [-0.05, 0) is 136 Å². The Morgan fingerprint density at radius 1 is 0.336 bits per heavy atom. The van der Waals surface area contributed by atoms with Crippen LogP contribution in [0.1, 0.15) is 84.1 Å². The number of nitrogens with one attached hydrogen (secondary N) is 15. The van der Waals surface area contributed by atoms with Gasteiger partial charge in [0.1, 0.15) is 119 Å². The van der Waals surface area contributed by atoms with Crippen molar-refractivity contribution in [1.82, 2.24) is 106 Å². The number of hydrogen-bond acceptors (Lipinski definition) is 18. The van der Waals surface area contributed by atoms with Crippen molar-refractivity contribution in [3.63, 3.8) is 0 Å². The number of thiazole rings is 1. The lowest BCUT2D eigenvalue weighted by Crippen LogP contribution is -2.16. The number of rotatable bonds is 15. The number of aryl methyl sites for hydroxylation is 3. The smallest absolute Gasteiger partial charge is 0.418 e. The first-order valence-electron chi connectivity index (χ1n) is 39.8. The third-order valence-electron chi connectivity index (χ3n) is 20.2. The Bertz CT molecular complexity index is 8060. The van der Waals surface area contributed by atoms with Crippen molar-refractivity contribution in [2.45, 2.75) is 39.3 Å². The number of aromatic hydroxyl groups is 1. The maximum Gasteiger partial charge on any atom is 0.418 e. The van der Waals surface area contributed by atoms with Crippen molar-refractivity contribution >= 4 is 148 Å². The standard InChI is InChI=1S/C19H9F8N5O.C18H9ClF5N5O.C18H12ClF2N5O.C17H11F2N5O2.C16H14N6OS/c20-9-2-1-3-10(21)13(9)17(33)30-12-6-28-32-15(12)16-29-11-5-7(18(22,23)24)4-8(14(11)31-16)19(25,26)27;19-8-4-7(18(22,23)24)5-11-14(8)28-16(26-11)15-12(6-25-29-15)27-17(30)13-9(20)2-1-3-10(13)21;1-8-5-12-13(6-9(8)19)24-17(23-12)16-14(7-22-26-16)25-18(27)15-10(20)3-2-4-11(15)21;18-9-2-1-3-10(19)14(9)17(26)23-13-7-20-24-15(13)16-21-11-5-4-8(25)6-12(11)22-16;1-8-14(24-9(2)18-8)16(23)21-12-7-17-22-13(12)15-19-10-5-3-4-6-11(10)20-15/h1-6H,(H,28,32)(H,29,31)(H,30,33);1-6H,(H,25,29)(H,26,28)(H,27,30);2-7H,1H3,(H,22,26)(H,23,24)(H,25,27);1-7,25H,(H,20,24)(H,21,22)(H,23,26);3-7H,1-2H3,(H,17,22)(H,19,20)(H,21,23). The van der Waals surface area contributed by atoms with Crippen LogP contribution in [0.5, 0.6) is 5.75 Å². The molecule has 20 aromatic rings. The van der Waals surface area contributed by atoms with E-state index in [0.29, 0.717) is 72.8 Å². The fourth-order valence-electron chi connectivity index (χ4n) is 13.7. The number of H-pyrrole nitrogens is 10. The Balaban J connectivity index is 0.000000127. The van der Waals surface area contributed by atoms with Crippen LogP contribution in [0, 0.1) is 67.3 Å². The Morgan fingerprint density at radius 3 is 1.05 bits per heavy atom. The summed E-state index contributed by atoms with van der Waals surface area (Å²) in [6.07, 6.45) is -8.49. The van der Waals surface area contributed by atoms with E-state index in [1.807, 2.05) is 51.1 Å². The largest absolute Gasteiger partial charge is 0.508 e. The molecule has 20 rings (SSSR count). The molecule has 0 saturated carbocycles. The van der Waals surface area contributed by atoms with Gasteiger partial charge in [0, 0.05) is 11.1 Å². The lowest BCUT2D eigenvalue weighted by atomic mass is 10.1. The summed E-state index contributed by atoms with van der Waals surface area (Å²) in [4.78, 5) is 102. The van der Waals surface area contributed by atoms with Crippen molar-refractivity contribution in [2.75, 3.05) is 26.6 Å². The fraction of sp³-hybridized carbons (Fsp3) is 0.0682. The number of phenolic OH excluding ortho intramolecular Hbond substituents is 1. The highest BCUT2D eigenvalue weighted by Crippen LogP contribution is 2.43. The van der Waals surface area contributed by atoms with Gasteiger partial charge in [-0.2, -0.15) is 65.0 Å². The van der Waals surface area contributed by atoms with E-state index in [0.717, 1.165) is 118 Å². The van der Waals surface area contributed by atoms with E-state index >= 15 is 0 Å². The second-order valence-electron chi connectivity index (χ2n) is 29.6. The van der Waals surface area contributed by atoms with Gasteiger partial charge >= 0.3 is 18.5 Å². The van der Waals surface area contributed by atoms with Crippen LogP contribution in [-0.4, -0.2) is 140 Å². The van der Waals surface area contributed by atoms with Gasteiger partial charge in [0.25, 0.3) is 29.5 Å². The number of anilines is 5. The van der Waals surface area contributed by atoms with Crippen molar-refractivity contribution in [3.8, 4) is 63.3 Å². The molecular weight excluding hydrogens is 1940 g/mol. The molecule has 5 amide bonds. The monoisotopic (exact) mass is 2000 g/mol. The number of aromatic amines is 10. The zero-order valence-corrected chi connectivity index (χ0v) is 72.6. The van der Waals surface area contributed by atoms with E-state index in [4.69, 9.17) is 23.2 Å². The van der Waals surface area contributed by atoms with Gasteiger partial charge in [0.05, 0.1) is 136 Å².